The molecule has 0 saturated carbocycles. The molecule has 2 nitrogen and oxygen atoms in total. The molecule has 0 aliphatic carbocycles. The van der Waals surface area contributed by atoms with E-state index < -0.39 is 0 Å². The standard InChI is InChI=1S/C23H46O2/c1-4-6-8-9-10-11-12-13-14-15-16-17-18-19-22(3)21-23(24)25-20-7-5-2/h22H,4-21H2,1-3H3. The number of hydrogen-bond donors (Lipinski definition) is 0. The third-order valence-corrected chi connectivity index (χ3v) is 5.08. The molecule has 0 aliphatic heterocycles. The SMILES string of the molecule is CCCCCCCCCCCCCCCC(C)CC(=O)OCCCC. The van der Waals surface area contributed by atoms with Crippen LogP contribution in [0.2, 0.25) is 0 Å². The maximum atomic E-state index is 11.6. The molecule has 0 bridgehead atoms. The van der Waals surface area contributed by atoms with Gasteiger partial charge >= 0.3 is 5.97 Å². The number of carbonyl (C=O) groups is 1. The quantitative estimate of drug-likeness (QED) is 0.174. The first-order chi connectivity index (χ1) is 12.2. The van der Waals surface area contributed by atoms with E-state index in [0.29, 0.717) is 18.9 Å². The first-order valence-corrected chi connectivity index (χ1v) is 11.4. The second-order valence-electron chi connectivity index (χ2n) is 7.91. The minimum atomic E-state index is -0.00403. The van der Waals surface area contributed by atoms with Crippen LogP contribution < -0.4 is 0 Å². The highest BCUT2D eigenvalue weighted by Gasteiger charge is 2.09. The number of ether oxygens (including phenoxy) is 1. The van der Waals surface area contributed by atoms with E-state index in [1.807, 2.05) is 0 Å². The van der Waals surface area contributed by atoms with Crippen molar-refractivity contribution in [2.24, 2.45) is 5.92 Å². The van der Waals surface area contributed by atoms with Gasteiger partial charge < -0.3 is 4.74 Å². The molecule has 1 atom stereocenters. The van der Waals surface area contributed by atoms with Gasteiger partial charge in [-0.05, 0) is 12.3 Å². The molecule has 0 N–H and O–H groups in total. The van der Waals surface area contributed by atoms with Crippen molar-refractivity contribution in [1.29, 1.82) is 0 Å². The van der Waals surface area contributed by atoms with Crippen LogP contribution in [-0.4, -0.2) is 12.6 Å². The van der Waals surface area contributed by atoms with Crippen LogP contribution in [0.1, 0.15) is 130 Å². The normalized spacial score (nSPS) is 12.3. The fourth-order valence-corrected chi connectivity index (χ4v) is 3.29. The van der Waals surface area contributed by atoms with E-state index >= 15 is 0 Å². The van der Waals surface area contributed by atoms with Crippen LogP contribution in [0.5, 0.6) is 0 Å². The molecule has 2 heteroatoms. The molecular weight excluding hydrogens is 308 g/mol. The highest BCUT2D eigenvalue weighted by atomic mass is 16.5. The van der Waals surface area contributed by atoms with Gasteiger partial charge in [0, 0.05) is 6.42 Å². The number of hydrogen-bond acceptors (Lipinski definition) is 2. The topological polar surface area (TPSA) is 26.3 Å². The second kappa shape index (κ2) is 19.8. The summed E-state index contributed by atoms with van der Waals surface area (Å²) in [4.78, 5) is 11.6. The van der Waals surface area contributed by atoms with Crippen molar-refractivity contribution in [2.45, 2.75) is 130 Å². The van der Waals surface area contributed by atoms with Crippen LogP contribution in [0.25, 0.3) is 0 Å². The Bertz CT molecular complexity index is 275. The molecule has 0 spiro atoms. The van der Waals surface area contributed by atoms with Crippen LogP contribution in [0.4, 0.5) is 0 Å². The molecule has 0 radical (unpaired) electrons. The predicted octanol–water partition coefficient (Wildman–Crippen LogP) is 7.84. The molecular formula is C23H46O2. The molecule has 0 amide bonds. The van der Waals surface area contributed by atoms with Gasteiger partial charge in [-0.25, -0.2) is 0 Å². The summed E-state index contributed by atoms with van der Waals surface area (Å²) in [5.41, 5.74) is 0. The lowest BCUT2D eigenvalue weighted by molar-refractivity contribution is -0.144. The van der Waals surface area contributed by atoms with Crippen LogP contribution in [0.3, 0.4) is 0 Å². The minimum Gasteiger partial charge on any atom is -0.466 e. The molecule has 0 aliphatic rings. The lowest BCUT2D eigenvalue weighted by Gasteiger charge is -2.11. The molecule has 0 rings (SSSR count). The van der Waals surface area contributed by atoms with Gasteiger partial charge in [0.05, 0.1) is 6.61 Å². The third-order valence-electron chi connectivity index (χ3n) is 5.08. The lowest BCUT2D eigenvalue weighted by Crippen LogP contribution is -2.10. The van der Waals surface area contributed by atoms with E-state index in [1.165, 1.54) is 89.9 Å². The number of unbranched alkanes of at least 4 members (excludes halogenated alkanes) is 13. The zero-order valence-electron chi connectivity index (χ0n) is 17.6. The number of rotatable bonds is 19. The van der Waals surface area contributed by atoms with Crippen molar-refractivity contribution < 1.29 is 9.53 Å². The van der Waals surface area contributed by atoms with Gasteiger partial charge in [0.25, 0.3) is 0 Å². The maximum absolute atomic E-state index is 11.6. The Labute approximate surface area is 158 Å². The Balaban J connectivity index is 3.23. The van der Waals surface area contributed by atoms with Crippen molar-refractivity contribution in [1.82, 2.24) is 0 Å². The van der Waals surface area contributed by atoms with Crippen molar-refractivity contribution in [2.75, 3.05) is 6.61 Å². The summed E-state index contributed by atoms with van der Waals surface area (Å²) in [5, 5.41) is 0. The molecule has 0 aromatic heterocycles. The molecule has 0 aromatic carbocycles. The largest absolute Gasteiger partial charge is 0.466 e. The number of esters is 1. The lowest BCUT2D eigenvalue weighted by atomic mass is 9.99. The molecule has 0 aromatic rings. The Morgan fingerprint density at radius 2 is 1.12 bits per heavy atom. The third kappa shape index (κ3) is 19.6. The van der Waals surface area contributed by atoms with Crippen LogP contribution in [0, 0.1) is 5.92 Å². The van der Waals surface area contributed by atoms with E-state index in [9.17, 15) is 4.79 Å². The Morgan fingerprint density at radius 3 is 1.60 bits per heavy atom. The molecule has 25 heavy (non-hydrogen) atoms. The van der Waals surface area contributed by atoms with Crippen LogP contribution in [-0.2, 0) is 9.53 Å². The number of carbonyl (C=O) groups excluding carboxylic acids is 1. The fraction of sp³-hybridized carbons (Fsp3) is 0.957. The van der Waals surface area contributed by atoms with Crippen LogP contribution in [0.15, 0.2) is 0 Å². The maximum Gasteiger partial charge on any atom is 0.306 e. The Hall–Kier alpha value is -0.530. The zero-order chi connectivity index (χ0) is 18.6. The molecule has 0 saturated heterocycles. The summed E-state index contributed by atoms with van der Waals surface area (Å²) >= 11 is 0. The summed E-state index contributed by atoms with van der Waals surface area (Å²) in [6, 6.07) is 0. The second-order valence-corrected chi connectivity index (χ2v) is 7.91. The van der Waals surface area contributed by atoms with E-state index in [0.717, 1.165) is 12.8 Å². The highest BCUT2D eigenvalue weighted by molar-refractivity contribution is 5.69. The average molecular weight is 355 g/mol. The van der Waals surface area contributed by atoms with E-state index in [2.05, 4.69) is 20.8 Å². The summed E-state index contributed by atoms with van der Waals surface area (Å²) in [5.74, 6) is 0.470. The van der Waals surface area contributed by atoms with Crippen molar-refractivity contribution in [3.8, 4) is 0 Å². The zero-order valence-corrected chi connectivity index (χ0v) is 17.6. The molecule has 0 fully saturated rings. The average Bonchev–Trinajstić information content (AvgIpc) is 2.59. The summed E-state index contributed by atoms with van der Waals surface area (Å²) < 4.78 is 5.23. The van der Waals surface area contributed by atoms with Gasteiger partial charge in [0.2, 0.25) is 0 Å². The Kier molecular flexibility index (Phi) is 19.4. The van der Waals surface area contributed by atoms with Gasteiger partial charge in [-0.3, -0.25) is 4.79 Å². The molecule has 1 unspecified atom stereocenters. The summed E-state index contributed by atoms with van der Waals surface area (Å²) in [6.45, 7) is 7.18. The monoisotopic (exact) mass is 354 g/mol. The van der Waals surface area contributed by atoms with Crippen molar-refractivity contribution in [3.63, 3.8) is 0 Å². The van der Waals surface area contributed by atoms with Gasteiger partial charge in [-0.2, -0.15) is 0 Å². The smallest absolute Gasteiger partial charge is 0.306 e. The van der Waals surface area contributed by atoms with E-state index in [1.54, 1.807) is 0 Å². The minimum absolute atomic E-state index is 0.00403. The Morgan fingerprint density at radius 1 is 0.680 bits per heavy atom. The highest BCUT2D eigenvalue weighted by Crippen LogP contribution is 2.16. The van der Waals surface area contributed by atoms with Crippen LogP contribution >= 0.6 is 0 Å². The van der Waals surface area contributed by atoms with Gasteiger partial charge in [-0.1, -0.05) is 117 Å². The van der Waals surface area contributed by atoms with E-state index in [-0.39, 0.29) is 5.97 Å². The van der Waals surface area contributed by atoms with Gasteiger partial charge in [0.1, 0.15) is 0 Å². The first kappa shape index (κ1) is 24.5. The van der Waals surface area contributed by atoms with Gasteiger partial charge in [-0.15, -0.1) is 0 Å². The van der Waals surface area contributed by atoms with Gasteiger partial charge in [0.15, 0.2) is 0 Å². The fourth-order valence-electron chi connectivity index (χ4n) is 3.29. The molecule has 0 heterocycles. The molecule has 150 valence electrons. The summed E-state index contributed by atoms with van der Waals surface area (Å²) in [6.07, 6.45) is 22.0. The van der Waals surface area contributed by atoms with Crippen molar-refractivity contribution >= 4 is 5.97 Å². The van der Waals surface area contributed by atoms with E-state index in [4.69, 9.17) is 4.74 Å². The van der Waals surface area contributed by atoms with Crippen molar-refractivity contribution in [3.05, 3.63) is 0 Å². The predicted molar refractivity (Wildman–Crippen MR) is 110 cm³/mol. The first-order valence-electron chi connectivity index (χ1n) is 11.4. The summed E-state index contributed by atoms with van der Waals surface area (Å²) in [7, 11) is 0.